The van der Waals surface area contributed by atoms with Gasteiger partial charge in [0.15, 0.2) is 5.12 Å². The number of hydrogen-bond donors (Lipinski definition) is 0. The number of carbonyl (C=O) groups excluding carboxylic acids is 2. The third-order valence-corrected chi connectivity index (χ3v) is 3.53. The highest BCUT2D eigenvalue weighted by molar-refractivity contribution is 8.14. The van der Waals surface area contributed by atoms with Crippen LogP contribution in [0, 0.1) is 11.8 Å². The number of thioether (sulfide) groups is 1. The standard InChI is InChI=1S/C11H20O3S/c1-6-14-10(12)9(7(2)3)15-11(13)8(4)5/h7-9H,6H2,1-5H3. The van der Waals surface area contributed by atoms with Crippen LogP contribution in [0.4, 0.5) is 0 Å². The fourth-order valence-electron chi connectivity index (χ4n) is 0.942. The molecule has 0 heterocycles. The lowest BCUT2D eigenvalue weighted by molar-refractivity contribution is -0.143. The highest BCUT2D eigenvalue weighted by Gasteiger charge is 2.27. The van der Waals surface area contributed by atoms with Gasteiger partial charge in [-0.15, -0.1) is 0 Å². The summed E-state index contributed by atoms with van der Waals surface area (Å²) in [7, 11) is 0. The van der Waals surface area contributed by atoms with E-state index in [-0.39, 0.29) is 28.2 Å². The van der Waals surface area contributed by atoms with Crippen LogP contribution >= 0.6 is 11.8 Å². The number of ether oxygens (including phenoxy) is 1. The second-order valence-corrected chi connectivity index (χ2v) is 5.15. The zero-order valence-electron chi connectivity index (χ0n) is 10.1. The summed E-state index contributed by atoms with van der Waals surface area (Å²) in [6.07, 6.45) is 0. The van der Waals surface area contributed by atoms with Crippen molar-refractivity contribution in [1.82, 2.24) is 0 Å². The van der Waals surface area contributed by atoms with Gasteiger partial charge in [0.25, 0.3) is 0 Å². The first-order chi connectivity index (χ1) is 6.90. The number of rotatable bonds is 5. The lowest BCUT2D eigenvalue weighted by atomic mass is 10.1. The molecule has 0 N–H and O–H groups in total. The minimum absolute atomic E-state index is 0.0433. The van der Waals surface area contributed by atoms with Crippen LogP contribution < -0.4 is 0 Å². The van der Waals surface area contributed by atoms with Gasteiger partial charge in [-0.3, -0.25) is 9.59 Å². The summed E-state index contributed by atoms with van der Waals surface area (Å²) in [5, 5.41) is -0.332. The molecule has 0 aromatic heterocycles. The predicted molar refractivity (Wildman–Crippen MR) is 62.7 cm³/mol. The second kappa shape index (κ2) is 6.88. The summed E-state index contributed by atoms with van der Waals surface area (Å²) in [6.45, 7) is 9.63. The molecule has 88 valence electrons. The van der Waals surface area contributed by atoms with Crippen LogP contribution in [0.1, 0.15) is 34.6 Å². The highest BCUT2D eigenvalue weighted by atomic mass is 32.2. The molecule has 0 aliphatic carbocycles. The van der Waals surface area contributed by atoms with Crippen molar-refractivity contribution in [3.63, 3.8) is 0 Å². The van der Waals surface area contributed by atoms with Gasteiger partial charge in [-0.1, -0.05) is 39.5 Å². The second-order valence-electron chi connectivity index (χ2n) is 4.01. The summed E-state index contributed by atoms with van der Waals surface area (Å²) >= 11 is 1.10. The minimum atomic E-state index is -0.375. The lowest BCUT2D eigenvalue weighted by Gasteiger charge is -2.18. The molecular weight excluding hydrogens is 212 g/mol. The van der Waals surface area contributed by atoms with E-state index in [1.807, 2.05) is 27.7 Å². The Labute approximate surface area is 95.9 Å². The molecule has 0 amide bonds. The Bertz CT molecular complexity index is 224. The smallest absolute Gasteiger partial charge is 0.319 e. The predicted octanol–water partition coefficient (Wildman–Crippen LogP) is 2.49. The maximum absolute atomic E-state index is 11.5. The zero-order chi connectivity index (χ0) is 12.0. The van der Waals surface area contributed by atoms with E-state index in [9.17, 15) is 9.59 Å². The molecule has 3 nitrogen and oxygen atoms in total. The molecule has 0 bridgehead atoms. The SMILES string of the molecule is CCOC(=O)C(SC(=O)C(C)C)C(C)C. The molecule has 0 aliphatic heterocycles. The van der Waals surface area contributed by atoms with Crippen molar-refractivity contribution in [1.29, 1.82) is 0 Å². The maximum atomic E-state index is 11.5. The average Bonchev–Trinajstić information content (AvgIpc) is 2.13. The van der Waals surface area contributed by atoms with Gasteiger partial charge in [0.1, 0.15) is 5.25 Å². The highest BCUT2D eigenvalue weighted by Crippen LogP contribution is 2.24. The Morgan fingerprint density at radius 3 is 2.07 bits per heavy atom. The first kappa shape index (κ1) is 14.5. The van der Waals surface area contributed by atoms with Crippen LogP contribution in [0.2, 0.25) is 0 Å². The van der Waals surface area contributed by atoms with E-state index < -0.39 is 0 Å². The molecule has 0 aromatic carbocycles. The summed E-state index contributed by atoms with van der Waals surface area (Å²) in [4.78, 5) is 23.1. The molecule has 0 saturated heterocycles. The summed E-state index contributed by atoms with van der Waals surface area (Å²) in [6, 6.07) is 0. The molecule has 0 rings (SSSR count). The summed E-state index contributed by atoms with van der Waals surface area (Å²) < 4.78 is 4.93. The number of hydrogen-bond acceptors (Lipinski definition) is 4. The van der Waals surface area contributed by atoms with E-state index in [4.69, 9.17) is 4.74 Å². The Kier molecular flexibility index (Phi) is 6.65. The Hall–Kier alpha value is -0.510. The van der Waals surface area contributed by atoms with Gasteiger partial charge in [-0.05, 0) is 12.8 Å². The lowest BCUT2D eigenvalue weighted by Crippen LogP contribution is -2.27. The Balaban J connectivity index is 4.41. The van der Waals surface area contributed by atoms with Gasteiger partial charge in [-0.2, -0.15) is 0 Å². The number of carbonyl (C=O) groups is 2. The summed E-state index contributed by atoms with van der Waals surface area (Å²) in [5.41, 5.74) is 0. The molecule has 0 spiro atoms. The van der Waals surface area contributed by atoms with E-state index in [1.165, 1.54) is 0 Å². The van der Waals surface area contributed by atoms with Crippen molar-refractivity contribution in [3.8, 4) is 0 Å². The molecule has 1 atom stereocenters. The van der Waals surface area contributed by atoms with Crippen LogP contribution in [-0.2, 0) is 14.3 Å². The van der Waals surface area contributed by atoms with Gasteiger partial charge < -0.3 is 4.74 Å². The molecule has 1 unspecified atom stereocenters. The summed E-state index contributed by atoms with van der Waals surface area (Å²) in [5.74, 6) is -0.228. The van der Waals surface area contributed by atoms with Crippen molar-refractivity contribution in [2.24, 2.45) is 11.8 Å². The van der Waals surface area contributed by atoms with Crippen molar-refractivity contribution < 1.29 is 14.3 Å². The van der Waals surface area contributed by atoms with E-state index in [0.717, 1.165) is 11.8 Å². The molecule has 0 aromatic rings. The third-order valence-electron chi connectivity index (χ3n) is 1.84. The Morgan fingerprint density at radius 1 is 1.20 bits per heavy atom. The first-order valence-corrected chi connectivity index (χ1v) is 6.15. The molecule has 0 saturated carbocycles. The van der Waals surface area contributed by atoms with Crippen molar-refractivity contribution in [3.05, 3.63) is 0 Å². The average molecular weight is 232 g/mol. The number of esters is 1. The third kappa shape index (κ3) is 5.21. The van der Waals surface area contributed by atoms with Crippen molar-refractivity contribution >= 4 is 22.8 Å². The van der Waals surface area contributed by atoms with Crippen LogP contribution in [0.25, 0.3) is 0 Å². The molecule has 0 radical (unpaired) electrons. The molecule has 15 heavy (non-hydrogen) atoms. The molecular formula is C11H20O3S. The van der Waals surface area contributed by atoms with Gasteiger partial charge in [-0.25, -0.2) is 0 Å². The van der Waals surface area contributed by atoms with Crippen molar-refractivity contribution in [2.75, 3.05) is 6.61 Å². The van der Waals surface area contributed by atoms with E-state index in [1.54, 1.807) is 6.92 Å². The Morgan fingerprint density at radius 2 is 1.73 bits per heavy atom. The largest absolute Gasteiger partial charge is 0.465 e. The molecule has 4 heteroatoms. The quantitative estimate of drug-likeness (QED) is 0.683. The first-order valence-electron chi connectivity index (χ1n) is 5.27. The van der Waals surface area contributed by atoms with Gasteiger partial charge >= 0.3 is 5.97 Å². The van der Waals surface area contributed by atoms with Crippen LogP contribution in [0.15, 0.2) is 0 Å². The van der Waals surface area contributed by atoms with E-state index >= 15 is 0 Å². The fraction of sp³-hybridized carbons (Fsp3) is 0.818. The molecule has 0 fully saturated rings. The zero-order valence-corrected chi connectivity index (χ0v) is 10.9. The van der Waals surface area contributed by atoms with Crippen molar-refractivity contribution in [2.45, 2.75) is 39.9 Å². The molecule has 0 aliphatic rings. The topological polar surface area (TPSA) is 43.4 Å². The maximum Gasteiger partial charge on any atom is 0.319 e. The van der Waals surface area contributed by atoms with Crippen LogP contribution in [0.3, 0.4) is 0 Å². The fourth-order valence-corrected chi connectivity index (χ4v) is 1.90. The monoisotopic (exact) mass is 232 g/mol. The van der Waals surface area contributed by atoms with E-state index in [0.29, 0.717) is 6.61 Å². The van der Waals surface area contributed by atoms with E-state index in [2.05, 4.69) is 0 Å². The van der Waals surface area contributed by atoms with Crippen LogP contribution in [0.5, 0.6) is 0 Å². The van der Waals surface area contributed by atoms with Crippen LogP contribution in [-0.4, -0.2) is 22.9 Å². The van der Waals surface area contributed by atoms with Gasteiger partial charge in [0, 0.05) is 5.92 Å². The normalized spacial score (nSPS) is 13.0. The minimum Gasteiger partial charge on any atom is -0.465 e. The van der Waals surface area contributed by atoms with Gasteiger partial charge in [0.2, 0.25) is 0 Å². The van der Waals surface area contributed by atoms with Gasteiger partial charge in [0.05, 0.1) is 6.61 Å².